The quantitative estimate of drug-likeness (QED) is 0.866. The number of hydrogen-bond donors (Lipinski definition) is 1. The van der Waals surface area contributed by atoms with E-state index >= 15 is 0 Å². The maximum absolute atomic E-state index is 12.1. The predicted molar refractivity (Wildman–Crippen MR) is 100 cm³/mol. The fourth-order valence-electron chi connectivity index (χ4n) is 3.66. The van der Waals surface area contributed by atoms with E-state index in [9.17, 15) is 4.79 Å². The molecule has 136 valence electrons. The van der Waals surface area contributed by atoms with Gasteiger partial charge in [0.25, 0.3) is 0 Å². The lowest BCUT2D eigenvalue weighted by atomic mass is 9.86. The third-order valence-electron chi connectivity index (χ3n) is 4.92. The molecule has 4 heteroatoms. The maximum atomic E-state index is 12.1. The van der Waals surface area contributed by atoms with Crippen molar-refractivity contribution in [3.05, 3.63) is 47.2 Å². The largest absolute Gasteiger partial charge is 0.444 e. The highest BCUT2D eigenvalue weighted by atomic mass is 16.6. The van der Waals surface area contributed by atoms with Crippen LogP contribution in [-0.4, -0.2) is 22.6 Å². The third-order valence-corrected chi connectivity index (χ3v) is 4.92. The van der Waals surface area contributed by atoms with E-state index in [-0.39, 0.29) is 12.1 Å². The number of nitrogens with one attached hydrogen (secondary N) is 1. The smallest absolute Gasteiger partial charge is 0.408 e. The Labute approximate surface area is 151 Å². The molecule has 0 bridgehead atoms. The van der Waals surface area contributed by atoms with E-state index in [1.807, 2.05) is 20.8 Å². The van der Waals surface area contributed by atoms with Crippen LogP contribution in [0.15, 0.2) is 30.5 Å². The lowest BCUT2D eigenvalue weighted by Crippen LogP contribution is -2.36. The Morgan fingerprint density at radius 2 is 2.16 bits per heavy atom. The number of hydrogen-bond acceptors (Lipinski definition) is 3. The Bertz CT molecular complexity index is 660. The van der Waals surface area contributed by atoms with E-state index in [1.54, 1.807) is 0 Å². The minimum absolute atomic E-state index is 0.0539. The number of rotatable bonds is 3. The lowest BCUT2D eigenvalue weighted by molar-refractivity contribution is 0.0498. The zero-order valence-electron chi connectivity index (χ0n) is 15.8. The highest BCUT2D eigenvalue weighted by molar-refractivity contribution is 5.68. The summed E-state index contributed by atoms with van der Waals surface area (Å²) in [5, 5.41) is 3.05. The number of fused-ring (bicyclic) bond motifs is 1. The normalized spacial score (nSPS) is 22.6. The van der Waals surface area contributed by atoms with Crippen LogP contribution in [0.1, 0.15) is 69.7 Å². The maximum Gasteiger partial charge on any atom is 0.408 e. The SMILES string of the molecule is CC1CC=CN1Cc1ccc2c(c1)CCCC2NC(=O)OC(C)(C)C. The Kier molecular flexibility index (Phi) is 5.07. The van der Waals surface area contributed by atoms with Gasteiger partial charge in [0.15, 0.2) is 0 Å². The molecule has 25 heavy (non-hydrogen) atoms. The number of carbonyl (C=O) groups is 1. The number of alkyl carbamates (subject to hydrolysis) is 1. The summed E-state index contributed by atoms with van der Waals surface area (Å²) in [5.41, 5.74) is 3.48. The van der Waals surface area contributed by atoms with Crippen molar-refractivity contribution in [2.24, 2.45) is 0 Å². The molecule has 2 unspecified atom stereocenters. The van der Waals surface area contributed by atoms with Crippen molar-refractivity contribution in [3.63, 3.8) is 0 Å². The summed E-state index contributed by atoms with van der Waals surface area (Å²) < 4.78 is 5.42. The van der Waals surface area contributed by atoms with Crippen LogP contribution in [-0.2, 0) is 17.7 Å². The van der Waals surface area contributed by atoms with Gasteiger partial charge in [0.1, 0.15) is 5.60 Å². The number of ether oxygens (including phenoxy) is 1. The van der Waals surface area contributed by atoms with Crippen LogP contribution in [0.4, 0.5) is 4.79 Å². The van der Waals surface area contributed by atoms with Crippen LogP contribution in [0.3, 0.4) is 0 Å². The summed E-state index contributed by atoms with van der Waals surface area (Å²) in [6.45, 7) is 8.89. The van der Waals surface area contributed by atoms with Crippen molar-refractivity contribution in [3.8, 4) is 0 Å². The zero-order chi connectivity index (χ0) is 18.0. The Morgan fingerprint density at radius 3 is 2.84 bits per heavy atom. The molecular formula is C21H30N2O2. The summed E-state index contributed by atoms with van der Waals surface area (Å²) in [6.07, 6.45) is 8.40. The highest BCUT2D eigenvalue weighted by Crippen LogP contribution is 2.31. The minimum Gasteiger partial charge on any atom is -0.444 e. The fraction of sp³-hybridized carbons (Fsp3) is 0.571. The van der Waals surface area contributed by atoms with Gasteiger partial charge in [-0.2, -0.15) is 0 Å². The van der Waals surface area contributed by atoms with Crippen LogP contribution >= 0.6 is 0 Å². The van der Waals surface area contributed by atoms with Crippen molar-refractivity contribution in [2.45, 2.75) is 77.6 Å². The van der Waals surface area contributed by atoms with Crippen LogP contribution < -0.4 is 5.32 Å². The molecule has 2 atom stereocenters. The van der Waals surface area contributed by atoms with Gasteiger partial charge in [0.05, 0.1) is 6.04 Å². The van der Waals surface area contributed by atoms with Crippen LogP contribution in [0.5, 0.6) is 0 Å². The Morgan fingerprint density at radius 1 is 1.36 bits per heavy atom. The molecule has 0 aromatic heterocycles. The van der Waals surface area contributed by atoms with E-state index in [0.717, 1.165) is 32.2 Å². The van der Waals surface area contributed by atoms with Gasteiger partial charge in [-0.15, -0.1) is 0 Å². The molecule has 0 spiro atoms. The molecule has 3 rings (SSSR count). The first kappa shape index (κ1) is 17.8. The summed E-state index contributed by atoms with van der Waals surface area (Å²) in [6, 6.07) is 7.34. The highest BCUT2D eigenvalue weighted by Gasteiger charge is 2.25. The standard InChI is InChI=1S/C21H30N2O2/c1-15-7-6-12-23(15)14-16-10-11-18-17(13-16)8-5-9-19(18)22-20(24)25-21(2,3)4/h6,10-13,15,19H,5,7-9,14H2,1-4H3,(H,22,24). The molecule has 1 amide bonds. The second kappa shape index (κ2) is 7.11. The van der Waals surface area contributed by atoms with E-state index in [1.165, 1.54) is 16.7 Å². The summed E-state index contributed by atoms with van der Waals surface area (Å²) in [4.78, 5) is 14.5. The Balaban J connectivity index is 1.69. The topological polar surface area (TPSA) is 41.6 Å². The van der Waals surface area contributed by atoms with Crippen molar-refractivity contribution in [1.82, 2.24) is 10.2 Å². The molecule has 0 fully saturated rings. The Hall–Kier alpha value is -1.97. The summed E-state index contributed by atoms with van der Waals surface area (Å²) >= 11 is 0. The van der Waals surface area contributed by atoms with Gasteiger partial charge in [-0.3, -0.25) is 0 Å². The predicted octanol–water partition coefficient (Wildman–Crippen LogP) is 4.70. The van der Waals surface area contributed by atoms with Crippen LogP contribution in [0.25, 0.3) is 0 Å². The number of nitrogens with zero attached hydrogens (tertiary/aromatic N) is 1. The lowest BCUT2D eigenvalue weighted by Gasteiger charge is -2.29. The first-order valence-corrected chi connectivity index (χ1v) is 9.35. The van der Waals surface area contributed by atoms with Gasteiger partial charge in [-0.25, -0.2) is 4.79 Å². The van der Waals surface area contributed by atoms with Crippen molar-refractivity contribution >= 4 is 6.09 Å². The molecule has 4 nitrogen and oxygen atoms in total. The van der Waals surface area contributed by atoms with E-state index in [0.29, 0.717) is 6.04 Å². The van der Waals surface area contributed by atoms with E-state index < -0.39 is 5.60 Å². The third kappa shape index (κ3) is 4.56. The number of amides is 1. The molecule has 2 aliphatic rings. The van der Waals surface area contributed by atoms with Crippen molar-refractivity contribution in [2.75, 3.05) is 0 Å². The molecule has 0 saturated heterocycles. The molecule has 1 aromatic carbocycles. The summed E-state index contributed by atoms with van der Waals surface area (Å²) in [5.74, 6) is 0. The van der Waals surface area contributed by atoms with Crippen molar-refractivity contribution < 1.29 is 9.53 Å². The van der Waals surface area contributed by atoms with E-state index in [2.05, 4.69) is 47.6 Å². The minimum atomic E-state index is -0.467. The van der Waals surface area contributed by atoms with Crippen molar-refractivity contribution in [1.29, 1.82) is 0 Å². The van der Waals surface area contributed by atoms with Crippen LogP contribution in [0, 0.1) is 0 Å². The molecule has 0 radical (unpaired) electrons. The molecule has 1 N–H and O–H groups in total. The van der Waals surface area contributed by atoms with Gasteiger partial charge in [0, 0.05) is 12.6 Å². The average molecular weight is 342 g/mol. The van der Waals surface area contributed by atoms with Gasteiger partial charge in [-0.1, -0.05) is 24.3 Å². The molecule has 1 aliphatic heterocycles. The molecule has 1 heterocycles. The second-order valence-corrected chi connectivity index (χ2v) is 8.27. The van der Waals surface area contributed by atoms with Gasteiger partial charge in [-0.05, 0) is 76.3 Å². The number of benzene rings is 1. The van der Waals surface area contributed by atoms with Gasteiger partial charge < -0.3 is 15.0 Å². The zero-order valence-corrected chi connectivity index (χ0v) is 15.8. The average Bonchev–Trinajstić information content (AvgIpc) is 2.90. The number of aryl methyl sites for hydroxylation is 1. The van der Waals surface area contributed by atoms with E-state index in [4.69, 9.17) is 4.74 Å². The first-order chi connectivity index (χ1) is 11.8. The molecular weight excluding hydrogens is 312 g/mol. The van der Waals surface area contributed by atoms with Gasteiger partial charge in [0.2, 0.25) is 0 Å². The number of carbonyl (C=O) groups excluding carboxylic acids is 1. The molecule has 1 aromatic rings. The van der Waals surface area contributed by atoms with Crippen LogP contribution in [0.2, 0.25) is 0 Å². The monoisotopic (exact) mass is 342 g/mol. The first-order valence-electron chi connectivity index (χ1n) is 9.35. The van der Waals surface area contributed by atoms with Gasteiger partial charge >= 0.3 is 6.09 Å². The summed E-state index contributed by atoms with van der Waals surface area (Å²) in [7, 11) is 0. The fourth-order valence-corrected chi connectivity index (χ4v) is 3.66. The molecule has 0 saturated carbocycles. The second-order valence-electron chi connectivity index (χ2n) is 8.27. The molecule has 1 aliphatic carbocycles.